The molecule has 3 rings (SSSR count). The first-order chi connectivity index (χ1) is 9.38. The second-order valence-electron chi connectivity index (χ2n) is 6.22. The first-order valence-corrected chi connectivity index (χ1v) is 6.96. The number of piperidine rings is 1. The molecule has 2 nitrogen and oxygen atoms in total. The van der Waals surface area contributed by atoms with Crippen molar-refractivity contribution in [2.75, 3.05) is 7.05 Å². The monoisotopic (exact) mass is 285 g/mol. The molecule has 2 atom stereocenters. The number of aliphatic hydroxyl groups is 1. The van der Waals surface area contributed by atoms with E-state index in [0.29, 0.717) is 31.0 Å². The van der Waals surface area contributed by atoms with E-state index in [9.17, 15) is 18.3 Å². The van der Waals surface area contributed by atoms with Gasteiger partial charge in [0.05, 0.1) is 5.60 Å². The Morgan fingerprint density at radius 1 is 1.10 bits per heavy atom. The summed E-state index contributed by atoms with van der Waals surface area (Å²) in [5.74, 6) is -3.05. The number of hydrogen-bond acceptors (Lipinski definition) is 2. The van der Waals surface area contributed by atoms with Crippen LogP contribution in [0.2, 0.25) is 0 Å². The van der Waals surface area contributed by atoms with Gasteiger partial charge in [0.25, 0.3) is 0 Å². The topological polar surface area (TPSA) is 23.5 Å². The van der Waals surface area contributed by atoms with Gasteiger partial charge in [-0.25, -0.2) is 13.2 Å². The van der Waals surface area contributed by atoms with Crippen molar-refractivity contribution in [2.24, 2.45) is 0 Å². The van der Waals surface area contributed by atoms with Crippen molar-refractivity contribution in [3.05, 3.63) is 35.1 Å². The standard InChI is InChI=1S/C15H18F3NO/c1-19-10-2-3-11(19)8-15(20,7-10)6-9-4-13(17)14(18)5-12(9)16/h4-5,10-11,20H,2-3,6-8H2,1H3. The summed E-state index contributed by atoms with van der Waals surface area (Å²) in [4.78, 5) is 2.26. The molecule has 2 bridgehead atoms. The molecule has 1 N–H and O–H groups in total. The quantitative estimate of drug-likeness (QED) is 0.844. The molecule has 0 radical (unpaired) electrons. The van der Waals surface area contributed by atoms with Gasteiger partial charge in [0.15, 0.2) is 11.6 Å². The van der Waals surface area contributed by atoms with Crippen molar-refractivity contribution in [3.63, 3.8) is 0 Å². The fraction of sp³-hybridized carbons (Fsp3) is 0.600. The Kier molecular flexibility index (Phi) is 3.29. The molecular formula is C15H18F3NO. The maximum absolute atomic E-state index is 13.7. The number of halogens is 3. The molecule has 2 heterocycles. The Morgan fingerprint density at radius 2 is 1.65 bits per heavy atom. The molecule has 1 aromatic carbocycles. The van der Waals surface area contributed by atoms with Gasteiger partial charge in [0, 0.05) is 24.6 Å². The SMILES string of the molecule is CN1C2CCC1CC(O)(Cc1cc(F)c(F)cc1F)C2. The molecule has 20 heavy (non-hydrogen) atoms. The van der Waals surface area contributed by atoms with Crippen LogP contribution in [0.25, 0.3) is 0 Å². The van der Waals surface area contributed by atoms with Gasteiger partial charge in [-0.15, -0.1) is 0 Å². The van der Waals surface area contributed by atoms with Gasteiger partial charge >= 0.3 is 0 Å². The minimum Gasteiger partial charge on any atom is -0.389 e. The fourth-order valence-electron chi connectivity index (χ4n) is 3.74. The zero-order valence-electron chi connectivity index (χ0n) is 11.4. The molecule has 0 aromatic heterocycles. The van der Waals surface area contributed by atoms with E-state index in [1.165, 1.54) is 0 Å². The van der Waals surface area contributed by atoms with E-state index < -0.39 is 23.1 Å². The summed E-state index contributed by atoms with van der Waals surface area (Å²) in [5, 5.41) is 10.7. The Hall–Kier alpha value is -1.07. The molecule has 2 fully saturated rings. The van der Waals surface area contributed by atoms with Gasteiger partial charge in [0.1, 0.15) is 5.82 Å². The van der Waals surface area contributed by atoms with Crippen LogP contribution in [0.15, 0.2) is 12.1 Å². The maximum Gasteiger partial charge on any atom is 0.161 e. The van der Waals surface area contributed by atoms with E-state index in [2.05, 4.69) is 4.90 Å². The van der Waals surface area contributed by atoms with Crippen LogP contribution in [0.5, 0.6) is 0 Å². The number of hydrogen-bond donors (Lipinski definition) is 1. The summed E-state index contributed by atoms with van der Waals surface area (Å²) in [5.41, 5.74) is -0.973. The van der Waals surface area contributed by atoms with Crippen LogP contribution in [0.1, 0.15) is 31.2 Å². The zero-order valence-corrected chi connectivity index (χ0v) is 11.4. The van der Waals surface area contributed by atoms with Crippen LogP contribution < -0.4 is 0 Å². The van der Waals surface area contributed by atoms with Crippen molar-refractivity contribution in [1.29, 1.82) is 0 Å². The highest BCUT2D eigenvalue weighted by Crippen LogP contribution is 2.41. The molecule has 2 aliphatic heterocycles. The molecule has 5 heteroatoms. The van der Waals surface area contributed by atoms with Gasteiger partial charge in [-0.05, 0) is 44.4 Å². The summed E-state index contributed by atoms with van der Waals surface area (Å²) in [6.45, 7) is 0. The minimum atomic E-state index is -1.19. The van der Waals surface area contributed by atoms with Crippen molar-refractivity contribution in [2.45, 2.75) is 49.8 Å². The predicted molar refractivity (Wildman–Crippen MR) is 68.8 cm³/mol. The molecule has 110 valence electrons. The van der Waals surface area contributed by atoms with Crippen molar-refractivity contribution >= 4 is 0 Å². The van der Waals surface area contributed by atoms with Crippen LogP contribution in [0.4, 0.5) is 13.2 Å². The molecule has 2 aliphatic rings. The lowest BCUT2D eigenvalue weighted by Gasteiger charge is -2.42. The molecule has 0 amide bonds. The van der Waals surface area contributed by atoms with Crippen molar-refractivity contribution in [1.82, 2.24) is 4.90 Å². The average molecular weight is 285 g/mol. The molecule has 2 saturated heterocycles. The van der Waals surface area contributed by atoms with Gasteiger partial charge in [-0.2, -0.15) is 0 Å². The lowest BCUT2D eigenvalue weighted by Crippen LogP contribution is -2.50. The summed E-state index contributed by atoms with van der Waals surface area (Å²) in [6, 6.07) is 2.01. The lowest BCUT2D eigenvalue weighted by atomic mass is 9.81. The van der Waals surface area contributed by atoms with E-state index in [1.807, 2.05) is 7.05 Å². The Bertz CT molecular complexity index is 520. The second kappa shape index (κ2) is 4.74. The van der Waals surface area contributed by atoms with E-state index in [0.717, 1.165) is 18.9 Å². The summed E-state index contributed by atoms with van der Waals surface area (Å²) >= 11 is 0. The summed E-state index contributed by atoms with van der Waals surface area (Å²) < 4.78 is 39.9. The van der Waals surface area contributed by atoms with Crippen LogP contribution in [-0.2, 0) is 6.42 Å². The van der Waals surface area contributed by atoms with Gasteiger partial charge in [-0.3, -0.25) is 0 Å². The predicted octanol–water partition coefficient (Wildman–Crippen LogP) is 2.63. The van der Waals surface area contributed by atoms with E-state index >= 15 is 0 Å². The third kappa shape index (κ3) is 2.33. The van der Waals surface area contributed by atoms with E-state index in [1.54, 1.807) is 0 Å². The van der Waals surface area contributed by atoms with Crippen molar-refractivity contribution < 1.29 is 18.3 Å². The Balaban J connectivity index is 1.83. The largest absolute Gasteiger partial charge is 0.389 e. The zero-order chi connectivity index (χ0) is 14.5. The van der Waals surface area contributed by atoms with E-state index in [-0.39, 0.29) is 12.0 Å². The van der Waals surface area contributed by atoms with Crippen LogP contribution in [-0.4, -0.2) is 34.7 Å². The summed E-state index contributed by atoms with van der Waals surface area (Å²) in [7, 11) is 2.04. The van der Waals surface area contributed by atoms with Gasteiger partial charge in [0.2, 0.25) is 0 Å². The normalized spacial score (nSPS) is 33.6. The Morgan fingerprint density at radius 3 is 2.25 bits per heavy atom. The highest BCUT2D eigenvalue weighted by atomic mass is 19.2. The van der Waals surface area contributed by atoms with Gasteiger partial charge in [-0.1, -0.05) is 0 Å². The maximum atomic E-state index is 13.7. The highest BCUT2D eigenvalue weighted by molar-refractivity contribution is 5.23. The number of benzene rings is 1. The first kappa shape index (κ1) is 13.9. The Labute approximate surface area is 116 Å². The van der Waals surface area contributed by atoms with Crippen LogP contribution in [0, 0.1) is 17.5 Å². The van der Waals surface area contributed by atoms with Gasteiger partial charge < -0.3 is 10.0 Å². The average Bonchev–Trinajstić information content (AvgIpc) is 2.60. The number of fused-ring (bicyclic) bond motifs is 2. The third-order valence-corrected chi connectivity index (χ3v) is 4.83. The van der Waals surface area contributed by atoms with Crippen molar-refractivity contribution in [3.8, 4) is 0 Å². The molecule has 1 aromatic rings. The van der Waals surface area contributed by atoms with E-state index in [4.69, 9.17) is 0 Å². The smallest absolute Gasteiger partial charge is 0.161 e. The van der Waals surface area contributed by atoms with Crippen LogP contribution in [0.3, 0.4) is 0 Å². The lowest BCUT2D eigenvalue weighted by molar-refractivity contribution is -0.0442. The first-order valence-electron chi connectivity index (χ1n) is 6.96. The number of rotatable bonds is 2. The molecule has 0 spiro atoms. The third-order valence-electron chi connectivity index (χ3n) is 4.83. The molecule has 0 saturated carbocycles. The molecule has 2 unspecified atom stereocenters. The molecular weight excluding hydrogens is 267 g/mol. The second-order valence-corrected chi connectivity index (χ2v) is 6.22. The van der Waals surface area contributed by atoms with Crippen LogP contribution >= 0.6 is 0 Å². The number of nitrogens with zero attached hydrogens (tertiary/aromatic N) is 1. The minimum absolute atomic E-state index is 0.0386. The highest BCUT2D eigenvalue weighted by Gasteiger charge is 2.46. The summed E-state index contributed by atoms with van der Waals surface area (Å²) in [6.07, 6.45) is 3.21. The fourth-order valence-corrected chi connectivity index (χ4v) is 3.74. The molecule has 0 aliphatic carbocycles.